The van der Waals surface area contributed by atoms with Gasteiger partial charge in [0.2, 0.25) is 0 Å². The maximum atomic E-state index is 12.7. The van der Waals surface area contributed by atoms with E-state index in [-0.39, 0.29) is 12.5 Å². The molecule has 4 N–H and O–H groups in total. The van der Waals surface area contributed by atoms with Crippen LogP contribution < -0.4 is 5.73 Å². The minimum atomic E-state index is -0.758. The Morgan fingerprint density at radius 1 is 1.42 bits per heavy atom. The summed E-state index contributed by atoms with van der Waals surface area (Å²) in [7, 11) is 0. The maximum absolute atomic E-state index is 12.7. The molecule has 24 heavy (non-hydrogen) atoms. The van der Waals surface area contributed by atoms with E-state index >= 15 is 0 Å². The van der Waals surface area contributed by atoms with E-state index in [0.717, 1.165) is 16.9 Å². The number of nitrogens with zero attached hydrogens (tertiary/aromatic N) is 2. The van der Waals surface area contributed by atoms with Crippen LogP contribution in [0.1, 0.15) is 21.7 Å². The van der Waals surface area contributed by atoms with Crippen molar-refractivity contribution in [2.75, 3.05) is 25.4 Å². The van der Waals surface area contributed by atoms with E-state index in [4.69, 9.17) is 5.73 Å². The molecule has 1 fully saturated rings. The number of anilines is 1. The monoisotopic (exact) mass is 347 g/mol. The van der Waals surface area contributed by atoms with Crippen LogP contribution in [-0.2, 0) is 6.42 Å². The van der Waals surface area contributed by atoms with Gasteiger partial charge in [0.25, 0.3) is 5.91 Å². The molecule has 128 valence electrons. The van der Waals surface area contributed by atoms with Crippen LogP contribution in [0, 0.1) is 5.41 Å². The Labute approximate surface area is 144 Å². The third-order valence-electron chi connectivity index (χ3n) is 4.62. The largest absolute Gasteiger partial charge is 0.396 e. The highest BCUT2D eigenvalue weighted by Gasteiger charge is 2.44. The number of carbonyl (C=O) groups excluding carboxylic acids is 1. The summed E-state index contributed by atoms with van der Waals surface area (Å²) in [4.78, 5) is 18.7. The molecular formula is C17H21N3O3S. The molecule has 2 aromatic rings. The van der Waals surface area contributed by atoms with Crippen LogP contribution in [0.15, 0.2) is 36.5 Å². The van der Waals surface area contributed by atoms with Gasteiger partial charge in [-0.1, -0.05) is 41.7 Å². The summed E-state index contributed by atoms with van der Waals surface area (Å²) in [5.74, 6) is -0.151. The Bertz CT molecular complexity index is 706. The first-order valence-electron chi connectivity index (χ1n) is 7.87. The standard InChI is InChI=1S/C17H21N3O3S/c18-16-19-9-13(24-16)15(23)20-7-6-14(22)17(10-20,11-21)8-12-4-2-1-3-5-12/h1-5,9,14,21-22H,6-8,10-11H2,(H2,18,19)/t14?,17-/m1/s1. The number of amides is 1. The molecule has 1 amide bonds. The smallest absolute Gasteiger partial charge is 0.265 e. The molecule has 7 heteroatoms. The van der Waals surface area contributed by atoms with E-state index in [0.29, 0.717) is 35.9 Å². The van der Waals surface area contributed by atoms with E-state index in [1.807, 2.05) is 30.3 Å². The molecule has 2 heterocycles. The number of benzene rings is 1. The Hall–Kier alpha value is -1.96. The molecule has 1 unspecified atom stereocenters. The number of likely N-dealkylation sites (tertiary alicyclic amines) is 1. The van der Waals surface area contributed by atoms with Gasteiger partial charge in [0.15, 0.2) is 5.13 Å². The summed E-state index contributed by atoms with van der Waals surface area (Å²) >= 11 is 1.15. The molecule has 1 aliphatic heterocycles. The number of nitrogens with two attached hydrogens (primary N) is 1. The minimum absolute atomic E-state index is 0.151. The van der Waals surface area contributed by atoms with Crippen molar-refractivity contribution in [2.45, 2.75) is 18.9 Å². The van der Waals surface area contributed by atoms with Crippen LogP contribution in [0.3, 0.4) is 0 Å². The van der Waals surface area contributed by atoms with E-state index in [2.05, 4.69) is 4.98 Å². The van der Waals surface area contributed by atoms with Gasteiger partial charge in [0.1, 0.15) is 4.88 Å². The Morgan fingerprint density at radius 2 is 2.17 bits per heavy atom. The SMILES string of the molecule is Nc1ncc(C(=O)N2CCC(O)[C@](CO)(Cc3ccccc3)C2)s1. The summed E-state index contributed by atoms with van der Waals surface area (Å²) in [5, 5.41) is 20.9. The Balaban J connectivity index is 1.82. The highest BCUT2D eigenvalue weighted by atomic mass is 32.1. The first-order valence-corrected chi connectivity index (χ1v) is 8.69. The Morgan fingerprint density at radius 3 is 2.79 bits per heavy atom. The molecule has 6 nitrogen and oxygen atoms in total. The first-order chi connectivity index (χ1) is 11.5. The van der Waals surface area contributed by atoms with Crippen molar-refractivity contribution in [2.24, 2.45) is 5.41 Å². The normalized spacial score (nSPS) is 24.1. The van der Waals surface area contributed by atoms with Gasteiger partial charge in [-0.25, -0.2) is 4.98 Å². The molecule has 3 rings (SSSR count). The van der Waals surface area contributed by atoms with Gasteiger partial charge in [0.05, 0.1) is 18.9 Å². The van der Waals surface area contributed by atoms with Crippen LogP contribution in [0.5, 0.6) is 0 Å². The number of rotatable bonds is 4. The lowest BCUT2D eigenvalue weighted by Gasteiger charge is -2.45. The fourth-order valence-corrected chi connectivity index (χ4v) is 3.90. The lowest BCUT2D eigenvalue weighted by atomic mass is 9.73. The van der Waals surface area contributed by atoms with Crippen molar-refractivity contribution in [1.82, 2.24) is 9.88 Å². The van der Waals surface area contributed by atoms with Gasteiger partial charge in [0, 0.05) is 18.5 Å². The van der Waals surface area contributed by atoms with Gasteiger partial charge < -0.3 is 20.8 Å². The van der Waals surface area contributed by atoms with Crippen molar-refractivity contribution in [3.63, 3.8) is 0 Å². The molecule has 0 bridgehead atoms. The van der Waals surface area contributed by atoms with Crippen LogP contribution in [0.2, 0.25) is 0 Å². The second-order valence-electron chi connectivity index (χ2n) is 6.28. The van der Waals surface area contributed by atoms with Crippen LogP contribution >= 0.6 is 11.3 Å². The van der Waals surface area contributed by atoms with Gasteiger partial charge in [-0.15, -0.1) is 0 Å². The predicted octanol–water partition coefficient (Wildman–Crippen LogP) is 1.15. The second kappa shape index (κ2) is 6.88. The van der Waals surface area contributed by atoms with Gasteiger partial charge in [-0.05, 0) is 18.4 Å². The number of aliphatic hydroxyl groups excluding tert-OH is 2. The number of aromatic nitrogens is 1. The van der Waals surface area contributed by atoms with Gasteiger partial charge in [-0.2, -0.15) is 0 Å². The number of piperidine rings is 1. The predicted molar refractivity (Wildman–Crippen MR) is 92.7 cm³/mol. The van der Waals surface area contributed by atoms with E-state index in [9.17, 15) is 15.0 Å². The zero-order chi connectivity index (χ0) is 17.2. The van der Waals surface area contributed by atoms with E-state index in [1.54, 1.807) is 4.90 Å². The molecule has 0 spiro atoms. The van der Waals surface area contributed by atoms with Gasteiger partial charge in [-0.3, -0.25) is 4.79 Å². The van der Waals surface area contributed by atoms with Crippen molar-refractivity contribution in [3.8, 4) is 0 Å². The quantitative estimate of drug-likeness (QED) is 0.770. The third-order valence-corrected chi connectivity index (χ3v) is 5.44. The van der Waals surface area contributed by atoms with E-state index < -0.39 is 11.5 Å². The summed E-state index contributed by atoms with van der Waals surface area (Å²) < 4.78 is 0. The van der Waals surface area contributed by atoms with Crippen LogP contribution in [0.25, 0.3) is 0 Å². The molecular weight excluding hydrogens is 326 g/mol. The molecule has 0 radical (unpaired) electrons. The first kappa shape index (κ1) is 16.9. The van der Waals surface area contributed by atoms with Crippen molar-refractivity contribution >= 4 is 22.4 Å². The highest BCUT2D eigenvalue weighted by molar-refractivity contribution is 7.17. The number of aliphatic hydroxyl groups is 2. The molecule has 1 aromatic carbocycles. The third kappa shape index (κ3) is 3.28. The van der Waals surface area contributed by atoms with Crippen molar-refractivity contribution < 1.29 is 15.0 Å². The Kier molecular flexibility index (Phi) is 4.84. The molecule has 0 saturated carbocycles. The molecule has 1 aliphatic rings. The summed E-state index contributed by atoms with van der Waals surface area (Å²) in [6, 6.07) is 9.72. The number of hydrogen-bond donors (Lipinski definition) is 3. The second-order valence-corrected chi connectivity index (χ2v) is 7.34. The molecule has 0 aliphatic carbocycles. The minimum Gasteiger partial charge on any atom is -0.396 e. The number of thiazole rings is 1. The van der Waals surface area contributed by atoms with Crippen molar-refractivity contribution in [1.29, 1.82) is 0 Å². The summed E-state index contributed by atoms with van der Waals surface area (Å²) in [6.07, 6.45) is 1.77. The zero-order valence-electron chi connectivity index (χ0n) is 13.3. The van der Waals surface area contributed by atoms with Crippen molar-refractivity contribution in [3.05, 3.63) is 47.0 Å². The van der Waals surface area contributed by atoms with E-state index in [1.165, 1.54) is 6.20 Å². The average Bonchev–Trinajstić information content (AvgIpc) is 3.03. The lowest BCUT2D eigenvalue weighted by Crippen LogP contribution is -2.56. The topological polar surface area (TPSA) is 99.7 Å². The molecule has 1 saturated heterocycles. The number of carbonyl (C=O) groups is 1. The lowest BCUT2D eigenvalue weighted by molar-refractivity contribution is -0.0667. The molecule has 1 aromatic heterocycles. The fraction of sp³-hybridized carbons (Fsp3) is 0.412. The number of nitrogen functional groups attached to an aromatic ring is 1. The summed E-state index contributed by atoms with van der Waals surface area (Å²) in [6.45, 7) is 0.572. The molecule has 2 atom stereocenters. The number of hydrogen-bond acceptors (Lipinski definition) is 6. The summed E-state index contributed by atoms with van der Waals surface area (Å²) in [5.41, 5.74) is 5.88. The average molecular weight is 347 g/mol. The van der Waals surface area contributed by atoms with Gasteiger partial charge >= 0.3 is 0 Å². The zero-order valence-corrected chi connectivity index (χ0v) is 14.1. The fourth-order valence-electron chi connectivity index (χ4n) is 3.25. The highest BCUT2D eigenvalue weighted by Crippen LogP contribution is 2.35. The maximum Gasteiger partial charge on any atom is 0.265 e. The van der Waals surface area contributed by atoms with Crippen LogP contribution in [-0.4, -0.2) is 51.8 Å². The van der Waals surface area contributed by atoms with Crippen LogP contribution in [0.4, 0.5) is 5.13 Å².